The van der Waals surface area contributed by atoms with Crippen LogP contribution < -0.4 is 9.47 Å². The molecule has 158 valence electrons. The van der Waals surface area contributed by atoms with Gasteiger partial charge in [0, 0.05) is 10.8 Å². The zero-order chi connectivity index (χ0) is 22.1. The van der Waals surface area contributed by atoms with Gasteiger partial charge in [0.1, 0.15) is 17.3 Å². The lowest BCUT2D eigenvalue weighted by molar-refractivity contribution is 0.414. The van der Waals surface area contributed by atoms with Gasteiger partial charge in [0.25, 0.3) is 0 Å². The number of hydrogen-bond donors (Lipinski definition) is 1. The number of benzene rings is 4. The van der Waals surface area contributed by atoms with Gasteiger partial charge < -0.3 is 9.47 Å². The number of hydrogen-bond acceptors (Lipinski definition) is 3. The van der Waals surface area contributed by atoms with Crippen LogP contribution in [-0.4, -0.2) is 24.6 Å². The quantitative estimate of drug-likeness (QED) is 0.262. The monoisotopic (exact) mass is 420 g/mol. The summed E-state index contributed by atoms with van der Waals surface area (Å²) in [6, 6.07) is 32.5. The second-order valence-corrected chi connectivity index (χ2v) is 7.73. The Bertz CT molecular complexity index is 1300. The van der Waals surface area contributed by atoms with Crippen LogP contribution in [0.5, 0.6) is 11.5 Å². The molecule has 5 rings (SSSR count). The van der Waals surface area contributed by atoms with Crippen LogP contribution in [0.25, 0.3) is 21.8 Å². The van der Waals surface area contributed by atoms with Crippen molar-refractivity contribution in [3.63, 3.8) is 0 Å². The average Bonchev–Trinajstić information content (AvgIpc) is 3.19. The lowest BCUT2D eigenvalue weighted by Crippen LogP contribution is -2.21. The Morgan fingerprint density at radius 3 is 1.44 bits per heavy atom. The normalized spacial score (nSPS) is 11.2. The summed E-state index contributed by atoms with van der Waals surface area (Å²) in [5.74, 6) is 1.83. The summed E-state index contributed by atoms with van der Waals surface area (Å²) in [4.78, 5) is 0. The molecule has 1 N–H and O–H groups in total. The Morgan fingerprint density at radius 2 is 1.03 bits per heavy atom. The molecule has 0 saturated heterocycles. The van der Waals surface area contributed by atoms with Gasteiger partial charge in [-0.05, 0) is 47.5 Å². The minimum atomic E-state index is -0.258. The largest absolute Gasteiger partial charge is 0.497 e. The summed E-state index contributed by atoms with van der Waals surface area (Å²) < 4.78 is 12.8. The highest BCUT2D eigenvalue weighted by Crippen LogP contribution is 2.34. The van der Waals surface area contributed by atoms with Crippen molar-refractivity contribution in [3.8, 4) is 11.5 Å². The van der Waals surface area contributed by atoms with E-state index in [1.165, 1.54) is 0 Å². The summed E-state index contributed by atoms with van der Waals surface area (Å²) in [7, 11) is 3.33. The maximum atomic E-state index is 9.44. The van der Waals surface area contributed by atoms with Crippen LogP contribution in [0.15, 0.2) is 97.1 Å². The summed E-state index contributed by atoms with van der Waals surface area (Å²) >= 11 is 0. The zero-order valence-corrected chi connectivity index (χ0v) is 18.1. The van der Waals surface area contributed by atoms with E-state index in [4.69, 9.17) is 9.47 Å². The van der Waals surface area contributed by atoms with Gasteiger partial charge in [-0.25, -0.2) is 0 Å². The number of fused-ring (bicyclic) bond motifs is 3. The third-order valence-corrected chi connectivity index (χ3v) is 5.99. The van der Waals surface area contributed by atoms with Gasteiger partial charge in [-0.15, -0.1) is 0 Å². The first-order valence-corrected chi connectivity index (χ1v) is 10.6. The lowest BCUT2D eigenvalue weighted by Gasteiger charge is -2.22. The Kier molecular flexibility index (Phi) is 5.12. The standard InChI is InChI=1S/C28H24N2O2/c1-31-21-15-11-19(12-16-21)27(20-13-17-22(32-2)18-14-20)28(29)30-25-9-5-3-7-23(25)24-8-4-6-10-26(24)30/h3-18,27,29H,1-2H3. The number of ether oxygens (including phenoxy) is 2. The van der Waals surface area contributed by atoms with E-state index in [-0.39, 0.29) is 5.92 Å². The van der Waals surface area contributed by atoms with E-state index < -0.39 is 0 Å². The third kappa shape index (κ3) is 3.30. The highest BCUT2D eigenvalue weighted by atomic mass is 16.5. The van der Waals surface area contributed by atoms with Gasteiger partial charge in [-0.1, -0.05) is 60.7 Å². The molecule has 4 heteroatoms. The molecule has 0 aliphatic heterocycles. The Morgan fingerprint density at radius 1 is 0.625 bits per heavy atom. The Labute approximate surface area is 187 Å². The molecule has 0 aliphatic carbocycles. The molecule has 0 aliphatic rings. The van der Waals surface area contributed by atoms with Gasteiger partial charge in [-0.3, -0.25) is 9.98 Å². The zero-order valence-electron chi connectivity index (χ0n) is 18.1. The van der Waals surface area contributed by atoms with Crippen molar-refractivity contribution in [2.24, 2.45) is 0 Å². The van der Waals surface area contributed by atoms with Gasteiger partial charge >= 0.3 is 0 Å². The minimum Gasteiger partial charge on any atom is -0.497 e. The van der Waals surface area contributed by atoms with Gasteiger partial charge in [0.05, 0.1) is 31.2 Å². The average molecular weight is 421 g/mol. The molecule has 0 fully saturated rings. The smallest absolute Gasteiger partial charge is 0.118 e. The number of aromatic nitrogens is 1. The molecule has 0 unspecified atom stereocenters. The van der Waals surface area contributed by atoms with Crippen LogP contribution in [0.1, 0.15) is 17.0 Å². The fourth-order valence-electron chi connectivity index (χ4n) is 4.41. The molecular formula is C28H24N2O2. The van der Waals surface area contributed by atoms with E-state index in [1.807, 2.05) is 72.8 Å². The fraction of sp³-hybridized carbons (Fsp3) is 0.107. The highest BCUT2D eigenvalue weighted by molar-refractivity contribution is 6.15. The molecule has 32 heavy (non-hydrogen) atoms. The van der Waals surface area contributed by atoms with Crippen LogP contribution in [-0.2, 0) is 0 Å². The number of para-hydroxylation sites is 2. The van der Waals surface area contributed by atoms with E-state index >= 15 is 0 Å². The second-order valence-electron chi connectivity index (χ2n) is 7.73. The topological polar surface area (TPSA) is 47.2 Å². The van der Waals surface area contributed by atoms with Gasteiger partial charge in [0.15, 0.2) is 0 Å². The van der Waals surface area contributed by atoms with E-state index in [2.05, 4.69) is 28.8 Å². The van der Waals surface area contributed by atoms with Gasteiger partial charge in [-0.2, -0.15) is 0 Å². The van der Waals surface area contributed by atoms with Crippen LogP contribution in [0.3, 0.4) is 0 Å². The van der Waals surface area contributed by atoms with Crippen LogP contribution in [0.2, 0.25) is 0 Å². The summed E-state index contributed by atoms with van der Waals surface area (Å²) in [5.41, 5.74) is 4.13. The van der Waals surface area contributed by atoms with Crippen LogP contribution in [0.4, 0.5) is 0 Å². The predicted octanol–water partition coefficient (Wildman–Crippen LogP) is 6.47. The highest BCUT2D eigenvalue weighted by Gasteiger charge is 2.24. The molecule has 0 bridgehead atoms. The van der Waals surface area contributed by atoms with Gasteiger partial charge in [0.2, 0.25) is 0 Å². The van der Waals surface area contributed by atoms with Crippen molar-refractivity contribution in [1.82, 2.24) is 4.57 Å². The molecule has 0 radical (unpaired) electrons. The van der Waals surface area contributed by atoms with Crippen molar-refractivity contribution >= 4 is 27.6 Å². The van der Waals surface area contributed by atoms with E-state index in [0.717, 1.165) is 44.4 Å². The number of rotatable bonds is 5. The van der Waals surface area contributed by atoms with Crippen molar-refractivity contribution in [2.75, 3.05) is 14.2 Å². The Hall–Kier alpha value is -4.05. The Balaban J connectivity index is 1.73. The molecule has 0 spiro atoms. The van der Waals surface area contributed by atoms with Crippen molar-refractivity contribution in [1.29, 1.82) is 5.41 Å². The second kappa shape index (κ2) is 8.23. The first-order valence-electron chi connectivity index (χ1n) is 10.6. The summed E-state index contributed by atoms with van der Waals surface area (Å²) in [6.45, 7) is 0. The van der Waals surface area contributed by atoms with Crippen LogP contribution in [0, 0.1) is 5.41 Å². The molecule has 4 nitrogen and oxygen atoms in total. The first kappa shape index (κ1) is 19.9. The lowest BCUT2D eigenvalue weighted by atomic mass is 9.89. The minimum absolute atomic E-state index is 0.258. The molecule has 1 heterocycles. The maximum Gasteiger partial charge on any atom is 0.118 e. The van der Waals surface area contributed by atoms with Crippen molar-refractivity contribution < 1.29 is 9.47 Å². The molecule has 1 aromatic heterocycles. The number of nitrogens with zero attached hydrogens (tertiary/aromatic N) is 1. The molecule has 5 aromatic rings. The first-order chi connectivity index (χ1) is 15.7. The molecule has 0 amide bonds. The summed E-state index contributed by atoms with van der Waals surface area (Å²) in [5, 5.41) is 11.7. The van der Waals surface area contributed by atoms with E-state index in [0.29, 0.717) is 5.84 Å². The molecule has 0 atom stereocenters. The molecular weight excluding hydrogens is 396 g/mol. The SMILES string of the molecule is COc1ccc(C(C(=N)n2c3ccccc3c3ccccc32)c2ccc(OC)cc2)cc1. The summed E-state index contributed by atoms with van der Waals surface area (Å²) in [6.07, 6.45) is 0. The van der Waals surface area contributed by atoms with E-state index in [1.54, 1.807) is 14.2 Å². The molecule has 4 aromatic carbocycles. The van der Waals surface area contributed by atoms with Crippen molar-refractivity contribution in [2.45, 2.75) is 5.92 Å². The van der Waals surface area contributed by atoms with E-state index in [9.17, 15) is 5.41 Å². The fourth-order valence-corrected chi connectivity index (χ4v) is 4.41. The molecule has 0 saturated carbocycles. The number of methoxy groups -OCH3 is 2. The van der Waals surface area contributed by atoms with Crippen molar-refractivity contribution in [3.05, 3.63) is 108 Å². The maximum absolute atomic E-state index is 9.44. The predicted molar refractivity (Wildman–Crippen MR) is 130 cm³/mol. The number of nitrogens with one attached hydrogen (secondary N) is 1. The van der Waals surface area contributed by atoms with Crippen LogP contribution >= 0.6 is 0 Å². The third-order valence-electron chi connectivity index (χ3n) is 5.99.